The second-order valence-corrected chi connectivity index (χ2v) is 8.52. The summed E-state index contributed by atoms with van der Waals surface area (Å²) in [6.45, 7) is 9.80. The lowest BCUT2D eigenvalue weighted by Crippen LogP contribution is -2.19. The molecule has 0 fully saturated rings. The predicted molar refractivity (Wildman–Crippen MR) is 116 cm³/mol. The number of thiazole rings is 1. The van der Waals surface area contributed by atoms with Gasteiger partial charge >= 0.3 is 0 Å². The van der Waals surface area contributed by atoms with E-state index >= 15 is 0 Å². The Balaban J connectivity index is 1.94. The molecule has 0 aliphatic heterocycles. The van der Waals surface area contributed by atoms with Gasteiger partial charge in [0.1, 0.15) is 0 Å². The van der Waals surface area contributed by atoms with E-state index in [2.05, 4.69) is 61.5 Å². The summed E-state index contributed by atoms with van der Waals surface area (Å²) in [4.78, 5) is 17.8. The maximum atomic E-state index is 12.6. The summed E-state index contributed by atoms with van der Waals surface area (Å²) in [5.74, 6) is 0.364. The molecule has 0 saturated carbocycles. The molecule has 0 aliphatic rings. The van der Waals surface area contributed by atoms with Gasteiger partial charge in [0.2, 0.25) is 0 Å². The average molecular weight is 397 g/mol. The molecule has 1 heterocycles. The van der Waals surface area contributed by atoms with Gasteiger partial charge in [-0.05, 0) is 54.2 Å². The van der Waals surface area contributed by atoms with E-state index in [0.29, 0.717) is 25.5 Å². The summed E-state index contributed by atoms with van der Waals surface area (Å²) in [7, 11) is 1.69. The van der Waals surface area contributed by atoms with Crippen molar-refractivity contribution in [1.29, 1.82) is 0 Å². The van der Waals surface area contributed by atoms with Gasteiger partial charge in [-0.2, -0.15) is 4.99 Å². The van der Waals surface area contributed by atoms with Crippen molar-refractivity contribution in [3.05, 3.63) is 63.5 Å². The van der Waals surface area contributed by atoms with Crippen LogP contribution in [0, 0.1) is 13.8 Å². The Kier molecular flexibility index (Phi) is 6.47. The van der Waals surface area contributed by atoms with Crippen LogP contribution >= 0.6 is 11.3 Å². The number of hydrogen-bond acceptors (Lipinski definition) is 3. The highest BCUT2D eigenvalue weighted by atomic mass is 32.1. The van der Waals surface area contributed by atoms with Crippen molar-refractivity contribution in [1.82, 2.24) is 4.57 Å². The highest BCUT2D eigenvalue weighted by molar-refractivity contribution is 7.16. The molecule has 0 atom stereocenters. The fourth-order valence-corrected chi connectivity index (χ4v) is 4.30. The molecule has 0 N–H and O–H groups in total. The molecule has 4 nitrogen and oxygen atoms in total. The van der Waals surface area contributed by atoms with Crippen LogP contribution in [-0.4, -0.2) is 24.2 Å². The number of ether oxygens (including phenoxy) is 1. The molecule has 0 radical (unpaired) electrons. The summed E-state index contributed by atoms with van der Waals surface area (Å²) in [5, 5.41) is 0. The van der Waals surface area contributed by atoms with Crippen molar-refractivity contribution in [3.63, 3.8) is 0 Å². The third kappa shape index (κ3) is 4.59. The fourth-order valence-electron chi connectivity index (χ4n) is 3.15. The molecule has 0 saturated heterocycles. The minimum Gasteiger partial charge on any atom is -0.383 e. The lowest BCUT2D eigenvalue weighted by Gasteiger charge is -2.06. The normalized spacial score (nSPS) is 12.3. The largest absolute Gasteiger partial charge is 0.383 e. The zero-order valence-corrected chi connectivity index (χ0v) is 18.1. The summed E-state index contributed by atoms with van der Waals surface area (Å²) < 4.78 is 8.50. The van der Waals surface area contributed by atoms with Crippen LogP contribution in [0.15, 0.2) is 41.4 Å². The maximum absolute atomic E-state index is 12.6. The molecule has 0 unspecified atom stereocenters. The number of carbonyl (C=O) groups excluding carboxylic acids is 1. The van der Waals surface area contributed by atoms with E-state index in [4.69, 9.17) is 4.74 Å². The van der Waals surface area contributed by atoms with E-state index in [0.717, 1.165) is 20.6 Å². The summed E-state index contributed by atoms with van der Waals surface area (Å²) in [6, 6.07) is 12.6. The molecule has 1 amide bonds. The van der Waals surface area contributed by atoms with E-state index in [9.17, 15) is 4.79 Å². The molecular formula is C23H28N2O2S. The number of hydrogen-bond donors (Lipinski definition) is 0. The quantitative estimate of drug-likeness (QED) is 0.603. The van der Waals surface area contributed by atoms with Crippen molar-refractivity contribution in [2.24, 2.45) is 4.99 Å². The van der Waals surface area contributed by atoms with E-state index in [1.54, 1.807) is 18.4 Å². The number of aryl methyl sites for hydroxylation is 2. The first-order chi connectivity index (χ1) is 13.4. The average Bonchev–Trinajstić information content (AvgIpc) is 2.96. The molecule has 0 aliphatic carbocycles. The first-order valence-electron chi connectivity index (χ1n) is 9.65. The first-order valence-corrected chi connectivity index (χ1v) is 10.5. The van der Waals surface area contributed by atoms with Gasteiger partial charge in [0.25, 0.3) is 5.91 Å². The minimum absolute atomic E-state index is 0.122. The molecular weight excluding hydrogens is 368 g/mol. The number of rotatable bonds is 6. The number of methoxy groups -OCH3 is 1. The summed E-state index contributed by atoms with van der Waals surface area (Å²) >= 11 is 1.56. The number of fused-ring (bicyclic) bond motifs is 1. The smallest absolute Gasteiger partial charge is 0.252 e. The van der Waals surface area contributed by atoms with Gasteiger partial charge in [-0.25, -0.2) is 0 Å². The fraction of sp³-hybridized carbons (Fsp3) is 0.391. The molecule has 3 rings (SSSR count). The van der Waals surface area contributed by atoms with E-state index in [1.807, 2.05) is 12.1 Å². The highest BCUT2D eigenvalue weighted by Crippen LogP contribution is 2.22. The van der Waals surface area contributed by atoms with Gasteiger partial charge < -0.3 is 9.30 Å². The third-order valence-corrected chi connectivity index (χ3v) is 6.08. The third-order valence-electron chi connectivity index (χ3n) is 5.04. The van der Waals surface area contributed by atoms with Crippen molar-refractivity contribution in [2.75, 3.05) is 13.7 Å². The maximum Gasteiger partial charge on any atom is 0.252 e. The van der Waals surface area contributed by atoms with E-state index in [-0.39, 0.29) is 5.91 Å². The lowest BCUT2D eigenvalue weighted by molar-refractivity contribution is -0.117. The summed E-state index contributed by atoms with van der Waals surface area (Å²) in [5.41, 5.74) is 5.86. The molecule has 5 heteroatoms. The van der Waals surface area contributed by atoms with Crippen molar-refractivity contribution in [2.45, 2.75) is 46.6 Å². The van der Waals surface area contributed by atoms with Crippen LogP contribution in [0.4, 0.5) is 0 Å². The van der Waals surface area contributed by atoms with Gasteiger partial charge in [-0.3, -0.25) is 4.79 Å². The van der Waals surface area contributed by atoms with E-state index in [1.165, 1.54) is 16.7 Å². The number of nitrogens with zero attached hydrogens (tertiary/aromatic N) is 2. The van der Waals surface area contributed by atoms with Gasteiger partial charge in [0.05, 0.1) is 23.2 Å². The van der Waals surface area contributed by atoms with Crippen molar-refractivity contribution >= 4 is 27.5 Å². The van der Waals surface area contributed by atoms with Crippen molar-refractivity contribution < 1.29 is 9.53 Å². The highest BCUT2D eigenvalue weighted by Gasteiger charge is 2.10. The molecule has 3 aromatic rings. The SMILES string of the molecule is COCCn1c(=NC(=O)Cc2ccc(C(C)C)cc2)sc2cc(C)c(C)cc21. The van der Waals surface area contributed by atoms with Crippen molar-refractivity contribution in [3.8, 4) is 0 Å². The number of aromatic nitrogens is 1. The standard InChI is InChI=1S/C23H28N2O2S/c1-15(2)19-8-6-18(7-9-19)14-22(26)24-23-25(10-11-27-5)20-12-16(3)17(4)13-21(20)28-23/h6-9,12-13,15H,10-11,14H2,1-5H3. The Morgan fingerprint density at radius 1 is 1.14 bits per heavy atom. The zero-order chi connectivity index (χ0) is 20.3. The Morgan fingerprint density at radius 3 is 2.46 bits per heavy atom. The second-order valence-electron chi connectivity index (χ2n) is 7.51. The van der Waals surface area contributed by atoms with Gasteiger partial charge in [-0.15, -0.1) is 0 Å². The minimum atomic E-state index is -0.122. The molecule has 2 aromatic carbocycles. The Morgan fingerprint density at radius 2 is 1.82 bits per heavy atom. The van der Waals surface area contributed by atoms with Gasteiger partial charge in [0, 0.05) is 13.7 Å². The van der Waals surface area contributed by atoms with Crippen LogP contribution in [0.25, 0.3) is 10.2 Å². The Bertz CT molecular complexity index is 1040. The first kappa shape index (κ1) is 20.5. The molecule has 1 aromatic heterocycles. The van der Waals surface area contributed by atoms with Gasteiger partial charge in [-0.1, -0.05) is 49.4 Å². The van der Waals surface area contributed by atoms with Crippen LogP contribution < -0.4 is 4.80 Å². The lowest BCUT2D eigenvalue weighted by atomic mass is 10.0. The molecule has 148 valence electrons. The topological polar surface area (TPSA) is 43.6 Å². The van der Waals surface area contributed by atoms with Crippen LogP contribution in [-0.2, 0) is 22.5 Å². The number of benzene rings is 2. The number of amides is 1. The van der Waals surface area contributed by atoms with Gasteiger partial charge in [0.15, 0.2) is 4.80 Å². The van der Waals surface area contributed by atoms with Crippen LogP contribution in [0.3, 0.4) is 0 Å². The van der Waals surface area contributed by atoms with E-state index < -0.39 is 0 Å². The monoisotopic (exact) mass is 396 g/mol. The second kappa shape index (κ2) is 8.84. The predicted octanol–water partition coefficient (Wildman–Crippen LogP) is 4.76. The Hall–Kier alpha value is -2.24. The molecule has 28 heavy (non-hydrogen) atoms. The van der Waals surface area contributed by atoms with Crippen LogP contribution in [0.1, 0.15) is 42.0 Å². The van der Waals surface area contributed by atoms with Crippen LogP contribution in [0.2, 0.25) is 0 Å². The molecule has 0 spiro atoms. The Labute approximate surface area is 170 Å². The number of carbonyl (C=O) groups is 1. The molecule has 0 bridgehead atoms. The van der Waals surface area contributed by atoms with Crippen LogP contribution in [0.5, 0.6) is 0 Å². The zero-order valence-electron chi connectivity index (χ0n) is 17.3. The summed E-state index contributed by atoms with van der Waals surface area (Å²) in [6.07, 6.45) is 0.314.